The SMILES string of the molecule is CC(N)CC(C)N1CCC2(CCC2)C1. The second kappa shape index (κ2) is 3.82. The van der Waals surface area contributed by atoms with Gasteiger partial charge in [0, 0.05) is 18.6 Å². The summed E-state index contributed by atoms with van der Waals surface area (Å²) in [6, 6.07) is 1.04. The number of hydrogen-bond donors (Lipinski definition) is 1. The number of hydrogen-bond acceptors (Lipinski definition) is 2. The van der Waals surface area contributed by atoms with Crippen LogP contribution in [0, 0.1) is 5.41 Å². The van der Waals surface area contributed by atoms with E-state index >= 15 is 0 Å². The lowest BCUT2D eigenvalue weighted by Crippen LogP contribution is -2.39. The van der Waals surface area contributed by atoms with Gasteiger partial charge in [-0.1, -0.05) is 6.42 Å². The molecule has 2 rings (SSSR count). The Bertz CT molecular complexity index is 196. The van der Waals surface area contributed by atoms with Gasteiger partial charge < -0.3 is 10.6 Å². The van der Waals surface area contributed by atoms with E-state index in [9.17, 15) is 0 Å². The zero-order valence-electron chi connectivity index (χ0n) is 9.63. The Hall–Kier alpha value is -0.0800. The van der Waals surface area contributed by atoms with E-state index in [2.05, 4.69) is 18.7 Å². The normalized spacial score (nSPS) is 30.2. The molecule has 2 fully saturated rings. The predicted molar refractivity (Wildman–Crippen MR) is 60.2 cm³/mol. The maximum absolute atomic E-state index is 5.85. The molecule has 82 valence electrons. The van der Waals surface area contributed by atoms with Crippen LogP contribution >= 0.6 is 0 Å². The Balaban J connectivity index is 1.82. The average molecular weight is 196 g/mol. The molecule has 2 heteroatoms. The molecular formula is C12H24N2. The molecule has 0 aromatic heterocycles. The lowest BCUT2D eigenvalue weighted by Gasteiger charge is -2.39. The summed E-state index contributed by atoms with van der Waals surface area (Å²) in [6.07, 6.45) is 7.02. The van der Waals surface area contributed by atoms with Crippen LogP contribution in [0.1, 0.15) is 46.0 Å². The third-order valence-corrected chi connectivity index (χ3v) is 4.22. The van der Waals surface area contributed by atoms with Crippen LogP contribution in [0.2, 0.25) is 0 Å². The fourth-order valence-electron chi connectivity index (χ4n) is 3.12. The summed E-state index contributed by atoms with van der Waals surface area (Å²) in [4.78, 5) is 2.66. The highest BCUT2D eigenvalue weighted by Crippen LogP contribution is 2.48. The van der Waals surface area contributed by atoms with Gasteiger partial charge in [0.2, 0.25) is 0 Å². The molecule has 1 saturated heterocycles. The molecule has 1 spiro atoms. The number of nitrogens with zero attached hydrogens (tertiary/aromatic N) is 1. The van der Waals surface area contributed by atoms with Gasteiger partial charge in [0.1, 0.15) is 0 Å². The summed E-state index contributed by atoms with van der Waals surface area (Å²) < 4.78 is 0. The first kappa shape index (κ1) is 10.4. The van der Waals surface area contributed by atoms with Crippen LogP contribution in [0.25, 0.3) is 0 Å². The highest BCUT2D eigenvalue weighted by molar-refractivity contribution is 4.97. The monoisotopic (exact) mass is 196 g/mol. The molecule has 1 saturated carbocycles. The molecular weight excluding hydrogens is 172 g/mol. The molecule has 2 unspecified atom stereocenters. The van der Waals surface area contributed by atoms with Gasteiger partial charge in [-0.2, -0.15) is 0 Å². The molecule has 0 amide bonds. The van der Waals surface area contributed by atoms with Crippen LogP contribution in [0.3, 0.4) is 0 Å². The van der Waals surface area contributed by atoms with Crippen LogP contribution in [0.15, 0.2) is 0 Å². The summed E-state index contributed by atoms with van der Waals surface area (Å²) in [5, 5.41) is 0. The Morgan fingerprint density at radius 2 is 2.00 bits per heavy atom. The van der Waals surface area contributed by atoms with Gasteiger partial charge in [-0.3, -0.25) is 0 Å². The van der Waals surface area contributed by atoms with Crippen LogP contribution in [-0.4, -0.2) is 30.1 Å². The second-order valence-corrected chi connectivity index (χ2v) is 5.64. The second-order valence-electron chi connectivity index (χ2n) is 5.64. The third-order valence-electron chi connectivity index (χ3n) is 4.22. The lowest BCUT2D eigenvalue weighted by molar-refractivity contribution is 0.124. The molecule has 2 nitrogen and oxygen atoms in total. The lowest BCUT2D eigenvalue weighted by atomic mass is 9.68. The number of rotatable bonds is 3. The van der Waals surface area contributed by atoms with Gasteiger partial charge in [0.25, 0.3) is 0 Å². The molecule has 1 heterocycles. The van der Waals surface area contributed by atoms with Crippen molar-refractivity contribution < 1.29 is 0 Å². The van der Waals surface area contributed by atoms with E-state index in [4.69, 9.17) is 5.73 Å². The van der Waals surface area contributed by atoms with Crippen molar-refractivity contribution in [1.29, 1.82) is 0 Å². The maximum Gasteiger partial charge on any atom is 0.00817 e. The highest BCUT2D eigenvalue weighted by Gasteiger charge is 2.43. The summed E-state index contributed by atoms with van der Waals surface area (Å²) >= 11 is 0. The number of nitrogens with two attached hydrogens (primary N) is 1. The van der Waals surface area contributed by atoms with E-state index in [1.807, 2.05) is 0 Å². The zero-order chi connectivity index (χ0) is 10.2. The largest absolute Gasteiger partial charge is 0.328 e. The first-order valence-corrected chi connectivity index (χ1v) is 6.11. The van der Waals surface area contributed by atoms with Crippen molar-refractivity contribution in [1.82, 2.24) is 4.90 Å². The molecule has 2 aliphatic rings. The minimum Gasteiger partial charge on any atom is -0.328 e. The summed E-state index contributed by atoms with van der Waals surface area (Å²) in [6.45, 7) is 7.11. The van der Waals surface area contributed by atoms with Crippen molar-refractivity contribution in [2.75, 3.05) is 13.1 Å². The van der Waals surface area contributed by atoms with Gasteiger partial charge in [-0.25, -0.2) is 0 Å². The van der Waals surface area contributed by atoms with Gasteiger partial charge in [-0.05, 0) is 51.5 Å². The molecule has 14 heavy (non-hydrogen) atoms. The maximum atomic E-state index is 5.85. The summed E-state index contributed by atoms with van der Waals surface area (Å²) in [5.41, 5.74) is 6.59. The molecule has 2 atom stereocenters. The minimum atomic E-state index is 0.350. The topological polar surface area (TPSA) is 29.3 Å². The smallest absolute Gasteiger partial charge is 0.00817 e. The van der Waals surface area contributed by atoms with Crippen LogP contribution in [-0.2, 0) is 0 Å². The van der Waals surface area contributed by atoms with E-state index < -0.39 is 0 Å². The van der Waals surface area contributed by atoms with Crippen LogP contribution < -0.4 is 5.73 Å². The van der Waals surface area contributed by atoms with E-state index in [1.165, 1.54) is 38.8 Å². The molecule has 0 radical (unpaired) electrons. The van der Waals surface area contributed by atoms with Gasteiger partial charge in [0.15, 0.2) is 0 Å². The van der Waals surface area contributed by atoms with Crippen LogP contribution in [0.5, 0.6) is 0 Å². The minimum absolute atomic E-state index is 0.350. The molecule has 1 aliphatic carbocycles. The van der Waals surface area contributed by atoms with Crippen LogP contribution in [0.4, 0.5) is 0 Å². The van der Waals surface area contributed by atoms with Gasteiger partial charge in [-0.15, -0.1) is 0 Å². The van der Waals surface area contributed by atoms with Crippen molar-refractivity contribution >= 4 is 0 Å². The zero-order valence-corrected chi connectivity index (χ0v) is 9.63. The first-order chi connectivity index (χ1) is 6.61. The first-order valence-electron chi connectivity index (χ1n) is 6.11. The highest BCUT2D eigenvalue weighted by atomic mass is 15.2. The van der Waals surface area contributed by atoms with E-state index in [1.54, 1.807) is 0 Å². The average Bonchev–Trinajstić information content (AvgIpc) is 2.45. The van der Waals surface area contributed by atoms with Crippen molar-refractivity contribution in [2.24, 2.45) is 11.1 Å². The molecule has 0 aromatic carbocycles. The van der Waals surface area contributed by atoms with Crippen molar-refractivity contribution in [3.8, 4) is 0 Å². The Kier molecular flexibility index (Phi) is 2.85. The Morgan fingerprint density at radius 1 is 1.29 bits per heavy atom. The summed E-state index contributed by atoms with van der Waals surface area (Å²) in [5.74, 6) is 0. The van der Waals surface area contributed by atoms with Gasteiger partial charge >= 0.3 is 0 Å². The van der Waals surface area contributed by atoms with E-state index in [-0.39, 0.29) is 0 Å². The van der Waals surface area contributed by atoms with Gasteiger partial charge in [0.05, 0.1) is 0 Å². The Morgan fingerprint density at radius 3 is 2.43 bits per heavy atom. The molecule has 1 aliphatic heterocycles. The Labute approximate surface area is 87.8 Å². The third kappa shape index (κ3) is 1.96. The molecule has 0 bridgehead atoms. The fourth-order valence-corrected chi connectivity index (χ4v) is 3.12. The van der Waals surface area contributed by atoms with Crippen molar-refractivity contribution in [3.63, 3.8) is 0 Å². The number of likely N-dealkylation sites (tertiary alicyclic amines) is 1. The quantitative estimate of drug-likeness (QED) is 0.748. The molecule has 2 N–H and O–H groups in total. The molecule has 0 aromatic rings. The standard InChI is InChI=1S/C12H24N2/c1-10(13)8-11(2)14-7-6-12(9-14)4-3-5-12/h10-11H,3-9,13H2,1-2H3. The fraction of sp³-hybridized carbons (Fsp3) is 1.00. The van der Waals surface area contributed by atoms with E-state index in [0.29, 0.717) is 12.1 Å². The summed E-state index contributed by atoms with van der Waals surface area (Å²) in [7, 11) is 0. The van der Waals surface area contributed by atoms with Crippen molar-refractivity contribution in [3.05, 3.63) is 0 Å². The van der Waals surface area contributed by atoms with E-state index in [0.717, 1.165) is 11.8 Å². The predicted octanol–water partition coefficient (Wildman–Crippen LogP) is 1.99. The van der Waals surface area contributed by atoms with Crippen molar-refractivity contribution in [2.45, 2.75) is 58.0 Å².